The number of hydrogen-bond donors (Lipinski definition) is 1. The van der Waals surface area contributed by atoms with Gasteiger partial charge in [0.2, 0.25) is 0 Å². The summed E-state index contributed by atoms with van der Waals surface area (Å²) >= 11 is 0. The lowest BCUT2D eigenvalue weighted by atomic mass is 9.95. The van der Waals surface area contributed by atoms with Crippen LogP contribution in [-0.2, 0) is 4.74 Å². The molecular weight excluding hydrogens is 342 g/mol. The number of carbonyl (C=O) groups is 1. The highest BCUT2D eigenvalue weighted by Crippen LogP contribution is 2.31. The number of rotatable bonds is 6. The summed E-state index contributed by atoms with van der Waals surface area (Å²) in [5, 5.41) is 6.66. The fraction of sp³-hybridized carbons (Fsp3) is 0.190. The fourth-order valence-corrected chi connectivity index (χ4v) is 2.73. The van der Waals surface area contributed by atoms with Crippen LogP contribution in [0.15, 0.2) is 65.5 Å². The Morgan fingerprint density at radius 3 is 2.19 bits per heavy atom. The highest BCUT2D eigenvalue weighted by Gasteiger charge is 2.24. The van der Waals surface area contributed by atoms with Crippen molar-refractivity contribution in [2.75, 3.05) is 27.2 Å². The Hall–Kier alpha value is -3.25. The standard InChI is InChI=1S/C21H21N3O3/c1-24(2)13-14-27-21(26)18-17(15-9-5-3-6-10-15)19(22-23-20(18)25)16-11-7-4-8-12-16/h3-12H,13-14H2,1-2H3,(H,23,25). The Morgan fingerprint density at radius 1 is 1.00 bits per heavy atom. The van der Waals surface area contributed by atoms with Gasteiger partial charge in [0.05, 0.1) is 5.69 Å². The van der Waals surface area contributed by atoms with Crippen LogP contribution in [0.3, 0.4) is 0 Å². The highest BCUT2D eigenvalue weighted by molar-refractivity contribution is 6.00. The first-order valence-electron chi connectivity index (χ1n) is 8.63. The van der Waals surface area contributed by atoms with E-state index >= 15 is 0 Å². The Kier molecular flexibility index (Phi) is 5.78. The summed E-state index contributed by atoms with van der Waals surface area (Å²) in [6.45, 7) is 0.767. The summed E-state index contributed by atoms with van der Waals surface area (Å²) in [5.74, 6) is -0.656. The van der Waals surface area contributed by atoms with Gasteiger partial charge >= 0.3 is 5.97 Å². The molecule has 3 rings (SSSR count). The van der Waals surface area contributed by atoms with Crippen LogP contribution >= 0.6 is 0 Å². The SMILES string of the molecule is CN(C)CCOC(=O)c1c(-c2ccccc2)c(-c2ccccc2)n[nH]c1=O. The van der Waals surface area contributed by atoms with E-state index in [0.717, 1.165) is 11.1 Å². The lowest BCUT2D eigenvalue weighted by Crippen LogP contribution is -2.26. The quantitative estimate of drug-likeness (QED) is 0.682. The molecule has 0 saturated heterocycles. The Labute approximate surface area is 157 Å². The third-order valence-corrected chi connectivity index (χ3v) is 4.07. The number of esters is 1. The summed E-state index contributed by atoms with van der Waals surface area (Å²) in [4.78, 5) is 27.1. The molecule has 0 aliphatic carbocycles. The molecule has 1 N–H and O–H groups in total. The smallest absolute Gasteiger partial charge is 0.344 e. The number of ether oxygens (including phenoxy) is 1. The highest BCUT2D eigenvalue weighted by atomic mass is 16.5. The zero-order chi connectivity index (χ0) is 19.2. The van der Waals surface area contributed by atoms with E-state index in [1.165, 1.54) is 0 Å². The van der Waals surface area contributed by atoms with Gasteiger partial charge in [-0.1, -0.05) is 60.7 Å². The average Bonchev–Trinajstić information content (AvgIpc) is 2.68. The van der Waals surface area contributed by atoms with Crippen LogP contribution in [0.2, 0.25) is 0 Å². The number of benzene rings is 2. The van der Waals surface area contributed by atoms with Crippen molar-refractivity contribution in [2.45, 2.75) is 0 Å². The predicted molar refractivity (Wildman–Crippen MR) is 105 cm³/mol. The summed E-state index contributed by atoms with van der Waals surface area (Å²) in [5.41, 5.74) is 1.93. The van der Waals surface area contributed by atoms with Crippen molar-refractivity contribution in [1.29, 1.82) is 0 Å². The number of H-pyrrole nitrogens is 1. The van der Waals surface area contributed by atoms with Gasteiger partial charge in [0.15, 0.2) is 0 Å². The minimum Gasteiger partial charge on any atom is -0.461 e. The van der Waals surface area contributed by atoms with E-state index in [1.54, 1.807) is 0 Å². The van der Waals surface area contributed by atoms with Gasteiger partial charge in [0, 0.05) is 17.7 Å². The molecule has 6 heteroatoms. The van der Waals surface area contributed by atoms with Crippen molar-refractivity contribution in [1.82, 2.24) is 15.1 Å². The van der Waals surface area contributed by atoms with E-state index in [0.29, 0.717) is 17.8 Å². The van der Waals surface area contributed by atoms with Gasteiger partial charge in [0.25, 0.3) is 5.56 Å². The first-order chi connectivity index (χ1) is 13.1. The van der Waals surface area contributed by atoms with Gasteiger partial charge in [-0.15, -0.1) is 0 Å². The van der Waals surface area contributed by atoms with Gasteiger partial charge in [-0.3, -0.25) is 4.79 Å². The zero-order valence-corrected chi connectivity index (χ0v) is 15.3. The number of nitrogens with zero attached hydrogens (tertiary/aromatic N) is 2. The van der Waals surface area contributed by atoms with Crippen molar-refractivity contribution in [3.8, 4) is 22.4 Å². The molecule has 0 saturated carbocycles. The van der Waals surface area contributed by atoms with E-state index < -0.39 is 11.5 Å². The maximum Gasteiger partial charge on any atom is 0.344 e. The number of aromatic amines is 1. The molecule has 0 amide bonds. The van der Waals surface area contributed by atoms with Gasteiger partial charge in [0.1, 0.15) is 12.2 Å². The molecule has 1 heterocycles. The molecule has 1 aromatic heterocycles. The van der Waals surface area contributed by atoms with Gasteiger partial charge in [-0.05, 0) is 19.7 Å². The minimum absolute atomic E-state index is 0.0335. The fourth-order valence-electron chi connectivity index (χ4n) is 2.73. The average molecular weight is 363 g/mol. The molecule has 0 bridgehead atoms. The lowest BCUT2D eigenvalue weighted by Gasteiger charge is -2.14. The molecule has 27 heavy (non-hydrogen) atoms. The third-order valence-electron chi connectivity index (χ3n) is 4.07. The third kappa shape index (κ3) is 4.30. The van der Waals surface area contributed by atoms with Crippen LogP contribution in [0, 0.1) is 0 Å². The maximum absolute atomic E-state index is 12.7. The van der Waals surface area contributed by atoms with Crippen molar-refractivity contribution in [2.24, 2.45) is 0 Å². The van der Waals surface area contributed by atoms with E-state index in [1.807, 2.05) is 79.7 Å². The van der Waals surface area contributed by atoms with Crippen LogP contribution in [0.4, 0.5) is 0 Å². The Morgan fingerprint density at radius 2 is 1.59 bits per heavy atom. The lowest BCUT2D eigenvalue weighted by molar-refractivity contribution is 0.0480. The van der Waals surface area contributed by atoms with Crippen LogP contribution < -0.4 is 5.56 Å². The maximum atomic E-state index is 12.7. The Balaban J connectivity index is 2.14. The van der Waals surface area contributed by atoms with Crippen LogP contribution in [-0.4, -0.2) is 48.3 Å². The van der Waals surface area contributed by atoms with Crippen molar-refractivity contribution in [3.63, 3.8) is 0 Å². The van der Waals surface area contributed by atoms with E-state index in [2.05, 4.69) is 10.2 Å². The van der Waals surface area contributed by atoms with Gasteiger partial charge in [-0.2, -0.15) is 5.10 Å². The molecule has 2 aromatic carbocycles. The van der Waals surface area contributed by atoms with Crippen molar-refractivity contribution in [3.05, 3.63) is 76.6 Å². The second-order valence-corrected chi connectivity index (χ2v) is 6.32. The largest absolute Gasteiger partial charge is 0.461 e. The zero-order valence-electron chi connectivity index (χ0n) is 15.3. The van der Waals surface area contributed by atoms with Crippen LogP contribution in [0.1, 0.15) is 10.4 Å². The molecule has 0 atom stereocenters. The van der Waals surface area contributed by atoms with E-state index in [4.69, 9.17) is 4.74 Å². The van der Waals surface area contributed by atoms with E-state index in [9.17, 15) is 9.59 Å². The summed E-state index contributed by atoms with van der Waals surface area (Å²) in [6.07, 6.45) is 0. The minimum atomic E-state index is -0.656. The monoisotopic (exact) mass is 363 g/mol. The van der Waals surface area contributed by atoms with E-state index in [-0.39, 0.29) is 12.2 Å². The number of nitrogens with one attached hydrogen (secondary N) is 1. The number of aromatic nitrogens is 2. The molecule has 0 spiro atoms. The molecule has 0 radical (unpaired) electrons. The first-order valence-corrected chi connectivity index (χ1v) is 8.63. The number of carbonyl (C=O) groups excluding carboxylic acids is 1. The summed E-state index contributed by atoms with van der Waals surface area (Å²) < 4.78 is 5.34. The molecule has 3 aromatic rings. The van der Waals surface area contributed by atoms with Crippen molar-refractivity contribution < 1.29 is 9.53 Å². The van der Waals surface area contributed by atoms with Gasteiger partial charge < -0.3 is 9.64 Å². The molecule has 6 nitrogen and oxygen atoms in total. The van der Waals surface area contributed by atoms with Gasteiger partial charge in [-0.25, -0.2) is 9.89 Å². The molecular formula is C21H21N3O3. The van der Waals surface area contributed by atoms with Crippen LogP contribution in [0.5, 0.6) is 0 Å². The number of likely N-dealkylation sites (N-methyl/N-ethyl adjacent to an activating group) is 1. The molecule has 0 fully saturated rings. The van der Waals surface area contributed by atoms with Crippen molar-refractivity contribution >= 4 is 5.97 Å². The molecule has 138 valence electrons. The second-order valence-electron chi connectivity index (χ2n) is 6.32. The normalized spacial score (nSPS) is 10.8. The first kappa shape index (κ1) is 18.5. The summed E-state index contributed by atoms with van der Waals surface area (Å²) in [7, 11) is 3.77. The molecule has 0 aliphatic heterocycles. The molecule has 0 unspecified atom stereocenters. The van der Waals surface area contributed by atoms with Crippen LogP contribution in [0.25, 0.3) is 22.4 Å². The topological polar surface area (TPSA) is 75.3 Å². The molecule has 0 aliphatic rings. The predicted octanol–water partition coefficient (Wildman–Crippen LogP) is 2.82. The number of hydrogen-bond acceptors (Lipinski definition) is 5. The Bertz CT molecular complexity index is 967. The summed E-state index contributed by atoms with van der Waals surface area (Å²) in [6, 6.07) is 18.7. The second kappa shape index (κ2) is 8.42.